The number of furan rings is 1. The molecule has 0 saturated heterocycles. The summed E-state index contributed by atoms with van der Waals surface area (Å²) >= 11 is 0. The van der Waals surface area contributed by atoms with Crippen LogP contribution in [0.25, 0.3) is 105 Å². The number of benzene rings is 13. The third-order valence-electron chi connectivity index (χ3n) is 19.3. The summed E-state index contributed by atoms with van der Waals surface area (Å²) in [5.41, 5.74) is 17.4. The van der Waals surface area contributed by atoms with Crippen molar-refractivity contribution in [3.05, 3.63) is 301 Å². The van der Waals surface area contributed by atoms with Gasteiger partial charge in [-0.3, -0.25) is 0 Å². The van der Waals surface area contributed by atoms with Gasteiger partial charge >= 0.3 is 0 Å². The Hall–Kier alpha value is -10.9. The van der Waals surface area contributed by atoms with E-state index >= 15 is 0 Å². The Balaban J connectivity index is 1.14. The topological polar surface area (TPSA) is 24.6 Å². The number of rotatable bonds is 8. The molecule has 0 N–H and O–H groups in total. The maximum absolute atomic E-state index is 10.1. The van der Waals surface area contributed by atoms with Crippen LogP contribution >= 0.6 is 0 Å². The van der Waals surface area contributed by atoms with E-state index in [1.54, 1.807) is 4.57 Å². The zero-order valence-electron chi connectivity index (χ0n) is 67.5. The van der Waals surface area contributed by atoms with Gasteiger partial charge in [0.15, 0.2) is 0 Å². The third kappa shape index (κ3) is 9.57. The molecule has 0 spiro atoms. The minimum atomic E-state index is -0.710. The van der Waals surface area contributed by atoms with E-state index in [0.29, 0.717) is 39.5 Å². The Morgan fingerprint density at radius 3 is 1.34 bits per heavy atom. The molecule has 0 bridgehead atoms. The summed E-state index contributed by atoms with van der Waals surface area (Å²) in [6.45, 7) is 19.2. The van der Waals surface area contributed by atoms with Gasteiger partial charge < -0.3 is 18.8 Å². The van der Waals surface area contributed by atoms with Gasteiger partial charge in [0.25, 0.3) is 6.71 Å². The molecular formula is C90H74BN3O. The molecule has 4 nitrogen and oxygen atoms in total. The number of anilines is 6. The van der Waals surface area contributed by atoms with E-state index in [1.165, 1.54) is 0 Å². The van der Waals surface area contributed by atoms with Crippen molar-refractivity contribution in [2.75, 3.05) is 9.80 Å². The van der Waals surface area contributed by atoms with Crippen molar-refractivity contribution in [1.29, 1.82) is 0 Å². The first-order chi connectivity index (χ1) is 51.4. The van der Waals surface area contributed by atoms with Crippen molar-refractivity contribution >= 4 is 101 Å². The van der Waals surface area contributed by atoms with Gasteiger partial charge in [0.1, 0.15) is 11.2 Å². The van der Waals surface area contributed by atoms with Gasteiger partial charge in [0.05, 0.1) is 51.3 Å². The highest BCUT2D eigenvalue weighted by molar-refractivity contribution is 7.00. The molecule has 4 heterocycles. The fourth-order valence-electron chi connectivity index (χ4n) is 14.5. The van der Waals surface area contributed by atoms with Gasteiger partial charge in [-0.1, -0.05) is 280 Å². The molecule has 0 fully saturated rings. The molecule has 0 aliphatic carbocycles. The van der Waals surface area contributed by atoms with Crippen LogP contribution in [0, 0.1) is 0 Å². The van der Waals surface area contributed by atoms with E-state index in [9.17, 15) is 13.7 Å². The molecule has 5 heteroatoms. The van der Waals surface area contributed by atoms with Crippen LogP contribution in [0.5, 0.6) is 0 Å². The zero-order valence-corrected chi connectivity index (χ0v) is 54.5. The van der Waals surface area contributed by atoms with Crippen molar-refractivity contribution in [2.45, 2.75) is 78.6 Å². The van der Waals surface area contributed by atoms with Gasteiger partial charge in [0.2, 0.25) is 0 Å². The lowest BCUT2D eigenvalue weighted by atomic mass is 9.33. The van der Waals surface area contributed by atoms with Gasteiger partial charge in [-0.05, 0) is 155 Å². The van der Waals surface area contributed by atoms with Crippen LogP contribution in [0.1, 0.15) is 96.8 Å². The lowest BCUT2D eigenvalue weighted by Crippen LogP contribution is -2.61. The van der Waals surface area contributed by atoms with Gasteiger partial charge in [-0.25, -0.2) is 0 Å². The van der Waals surface area contributed by atoms with Crippen LogP contribution in [-0.2, 0) is 16.2 Å². The monoisotopic (exact) mass is 1240 g/mol. The maximum atomic E-state index is 10.1. The number of hydrogen-bond acceptors (Lipinski definition) is 3. The standard InChI is InChI=1S/C90H74BN3O/c1-88(2,3)64-48-63(49-65(52-64)89(4,5)6)62-43-46-75-79(51-62)94(87-68(58-30-16-11-17-31-58)44-47-83-84(87)71-38-24-27-41-82(71)95-83)81-56-67(92-76-39-25-22-36-69(76)70-37-23-26-40-77(70)92)55-80-85(81)91(75)74-45-42-61(57-28-14-10-15-29-57)50-78(74)93(80)86-72(59-32-18-12-19-33-59)53-66(90(7,8)9)54-73(86)60-34-20-13-21-35-60/h10-56H,1-9H3/i10D,14D,15D,22D,23D,25D,26D,28D,29D,36D,37D,39D,40D. The molecule has 0 amide bonds. The minimum Gasteiger partial charge on any atom is -0.456 e. The number of nitrogens with zero attached hydrogens (tertiary/aromatic N) is 3. The summed E-state index contributed by atoms with van der Waals surface area (Å²) < 4.78 is 132. The largest absolute Gasteiger partial charge is 0.456 e. The van der Waals surface area contributed by atoms with Crippen LogP contribution < -0.4 is 26.2 Å². The average molecular weight is 1240 g/mol. The molecule has 0 atom stereocenters. The predicted molar refractivity (Wildman–Crippen MR) is 405 cm³/mol. The first-order valence-corrected chi connectivity index (χ1v) is 32.5. The fourth-order valence-corrected chi connectivity index (χ4v) is 14.5. The maximum Gasteiger partial charge on any atom is 0.252 e. The molecule has 0 radical (unpaired) electrons. The second-order valence-corrected chi connectivity index (χ2v) is 28.3. The minimum absolute atomic E-state index is 0.00645. The van der Waals surface area contributed by atoms with Crippen molar-refractivity contribution in [3.63, 3.8) is 0 Å². The molecule has 13 aromatic carbocycles. The SMILES string of the molecule is [2H]c1c([2H])c([2H])c(-c2ccc3c(c2)N(c2c(-c4ccccc4)cc(C(C)(C)C)cc2-c2ccccc2)c2cc(-n4c5c([2H])c([2H])c([2H])c([2H])c5c5c([2H])c([2H])c([2H])c([2H])c54)cc4c2B3c2ccc(-c3cc(C(C)(C)C)cc(C(C)(C)C)c3)cc2N4c2c(-c3ccccc3)ccc3oc4ccccc4c23)c([2H])c1[2H]. The van der Waals surface area contributed by atoms with E-state index in [4.69, 9.17) is 8.53 Å². The Kier molecular flexibility index (Phi) is 10.5. The van der Waals surface area contributed by atoms with Crippen LogP contribution in [0.2, 0.25) is 0 Å². The molecule has 0 saturated carbocycles. The first-order valence-electron chi connectivity index (χ1n) is 39.0. The van der Waals surface area contributed by atoms with E-state index in [0.717, 1.165) is 99.7 Å². The quantitative estimate of drug-likeness (QED) is 0.142. The van der Waals surface area contributed by atoms with E-state index in [2.05, 4.69) is 169 Å². The number of fused-ring (bicyclic) bond motifs is 10. The lowest BCUT2D eigenvalue weighted by Gasteiger charge is -2.46. The fraction of sp³-hybridized carbons (Fsp3) is 0.133. The Morgan fingerprint density at radius 2 is 0.800 bits per heavy atom. The van der Waals surface area contributed by atoms with Gasteiger partial charge in [-0.2, -0.15) is 0 Å². The number of para-hydroxylation sites is 3. The summed E-state index contributed by atoms with van der Waals surface area (Å²) in [6.07, 6.45) is 0. The first kappa shape index (κ1) is 45.4. The van der Waals surface area contributed by atoms with E-state index in [-0.39, 0.29) is 56.0 Å². The predicted octanol–water partition coefficient (Wildman–Crippen LogP) is 23.0. The average Bonchev–Trinajstić information content (AvgIpc) is 0.954. The molecule has 458 valence electrons. The molecular weight excluding hydrogens is 1150 g/mol. The molecule has 95 heavy (non-hydrogen) atoms. The molecule has 2 aliphatic heterocycles. The van der Waals surface area contributed by atoms with Crippen LogP contribution in [0.3, 0.4) is 0 Å². The lowest BCUT2D eigenvalue weighted by molar-refractivity contribution is 0.569. The normalized spacial score (nSPS) is 15.0. The van der Waals surface area contributed by atoms with Crippen LogP contribution in [0.4, 0.5) is 34.1 Å². The van der Waals surface area contributed by atoms with E-state index in [1.807, 2.05) is 109 Å². The van der Waals surface area contributed by atoms with Gasteiger partial charge in [-0.15, -0.1) is 0 Å². The second kappa shape index (κ2) is 21.9. The summed E-state index contributed by atoms with van der Waals surface area (Å²) in [5.74, 6) is 0. The van der Waals surface area contributed by atoms with Crippen molar-refractivity contribution in [3.8, 4) is 61.3 Å². The summed E-state index contributed by atoms with van der Waals surface area (Å²) in [5, 5.41) is 1.44. The van der Waals surface area contributed by atoms with Crippen LogP contribution in [-0.4, -0.2) is 11.3 Å². The highest BCUT2D eigenvalue weighted by Gasteiger charge is 2.46. The number of hydrogen-bond donors (Lipinski definition) is 0. The summed E-state index contributed by atoms with van der Waals surface area (Å²) in [4.78, 5) is 4.54. The summed E-state index contributed by atoms with van der Waals surface area (Å²) in [7, 11) is 0. The Labute approximate surface area is 576 Å². The molecule has 15 aromatic rings. The third-order valence-corrected chi connectivity index (χ3v) is 19.3. The zero-order chi connectivity index (χ0) is 76.0. The molecule has 2 aromatic heterocycles. The molecule has 2 aliphatic rings. The van der Waals surface area contributed by atoms with Crippen molar-refractivity contribution in [1.82, 2.24) is 4.57 Å². The highest BCUT2D eigenvalue weighted by atomic mass is 16.3. The molecule has 0 unspecified atom stereocenters. The van der Waals surface area contributed by atoms with Crippen LogP contribution in [0.15, 0.2) is 289 Å². The second-order valence-electron chi connectivity index (χ2n) is 28.3. The summed E-state index contributed by atoms with van der Waals surface area (Å²) in [6, 6.07) is 64.1. The highest BCUT2D eigenvalue weighted by Crippen LogP contribution is 2.55. The van der Waals surface area contributed by atoms with E-state index < -0.39 is 78.6 Å². The Bertz CT molecular complexity index is 6170. The Morgan fingerprint density at radius 1 is 0.337 bits per heavy atom. The smallest absolute Gasteiger partial charge is 0.252 e. The van der Waals surface area contributed by atoms with Crippen molar-refractivity contribution in [2.24, 2.45) is 0 Å². The van der Waals surface area contributed by atoms with Crippen molar-refractivity contribution < 1.29 is 22.2 Å². The van der Waals surface area contributed by atoms with Gasteiger partial charge in [0, 0.05) is 55.6 Å². The number of aromatic nitrogens is 1. The molecule has 17 rings (SSSR count).